The van der Waals surface area contributed by atoms with Crippen LogP contribution in [-0.2, 0) is 9.59 Å². The van der Waals surface area contributed by atoms with Crippen molar-refractivity contribution in [3.05, 3.63) is 51.2 Å². The van der Waals surface area contributed by atoms with Crippen molar-refractivity contribution >= 4 is 38.9 Å². The third-order valence-corrected chi connectivity index (χ3v) is 5.83. The van der Waals surface area contributed by atoms with E-state index in [1.807, 2.05) is 0 Å². The average molecular weight is 463 g/mol. The van der Waals surface area contributed by atoms with Crippen molar-refractivity contribution in [1.82, 2.24) is 0 Å². The SMILES string of the molecule is CC(=O)C1=C(CCCCCCBr)N=C(C)C(C(C)=O)C1c1cccc([N+](=O)[O-])c1. The quantitative estimate of drug-likeness (QED) is 0.197. The van der Waals surface area contributed by atoms with Gasteiger partial charge >= 0.3 is 0 Å². The lowest BCUT2D eigenvalue weighted by atomic mass is 9.72. The van der Waals surface area contributed by atoms with Crippen molar-refractivity contribution in [1.29, 1.82) is 0 Å². The van der Waals surface area contributed by atoms with Crippen LogP contribution in [0.15, 0.2) is 40.5 Å². The van der Waals surface area contributed by atoms with Crippen LogP contribution in [0.2, 0.25) is 0 Å². The molecule has 0 aromatic heterocycles. The zero-order valence-corrected chi connectivity index (χ0v) is 18.7. The molecule has 0 fully saturated rings. The maximum absolute atomic E-state index is 12.6. The van der Waals surface area contributed by atoms with Crippen LogP contribution < -0.4 is 0 Å². The zero-order valence-electron chi connectivity index (χ0n) is 17.1. The van der Waals surface area contributed by atoms with Gasteiger partial charge in [-0.1, -0.05) is 40.9 Å². The zero-order chi connectivity index (χ0) is 21.6. The number of nitro groups is 1. The second kappa shape index (κ2) is 10.6. The van der Waals surface area contributed by atoms with E-state index in [9.17, 15) is 19.7 Å². The Kier molecular flexibility index (Phi) is 8.44. The van der Waals surface area contributed by atoms with Crippen molar-refractivity contribution in [2.45, 2.75) is 58.8 Å². The Morgan fingerprint density at radius 3 is 2.45 bits per heavy atom. The number of carbonyl (C=O) groups is 2. The van der Waals surface area contributed by atoms with Gasteiger partial charge in [0.25, 0.3) is 5.69 Å². The molecule has 0 bridgehead atoms. The summed E-state index contributed by atoms with van der Waals surface area (Å²) >= 11 is 3.43. The van der Waals surface area contributed by atoms with Crippen LogP contribution in [0.3, 0.4) is 0 Å². The van der Waals surface area contributed by atoms with Gasteiger partial charge in [0.2, 0.25) is 0 Å². The summed E-state index contributed by atoms with van der Waals surface area (Å²) in [6.45, 7) is 4.77. The number of alkyl halides is 1. The predicted molar refractivity (Wildman–Crippen MR) is 118 cm³/mol. The molecule has 6 nitrogen and oxygen atoms in total. The summed E-state index contributed by atoms with van der Waals surface area (Å²) in [6.07, 6.45) is 4.80. The minimum Gasteiger partial charge on any atom is -0.299 e. The predicted octanol–water partition coefficient (Wildman–Crippen LogP) is 5.55. The summed E-state index contributed by atoms with van der Waals surface area (Å²) in [5.41, 5.74) is 2.44. The number of allylic oxidation sites excluding steroid dienone is 2. The summed E-state index contributed by atoms with van der Waals surface area (Å²) in [5, 5.41) is 12.2. The van der Waals surface area contributed by atoms with Crippen molar-refractivity contribution in [3.8, 4) is 0 Å². The molecule has 0 aliphatic carbocycles. The molecule has 0 N–H and O–H groups in total. The van der Waals surface area contributed by atoms with Crippen LogP contribution in [0.5, 0.6) is 0 Å². The second-order valence-corrected chi connectivity index (χ2v) is 8.23. The Bertz CT molecular complexity index is 860. The molecule has 0 spiro atoms. The highest BCUT2D eigenvalue weighted by molar-refractivity contribution is 9.09. The lowest BCUT2D eigenvalue weighted by Crippen LogP contribution is -2.33. The van der Waals surface area contributed by atoms with Gasteiger partial charge in [0.15, 0.2) is 5.78 Å². The molecular weight excluding hydrogens is 436 g/mol. The molecule has 1 aliphatic heterocycles. The number of halogens is 1. The molecule has 0 saturated heterocycles. The van der Waals surface area contributed by atoms with E-state index in [-0.39, 0.29) is 17.3 Å². The van der Waals surface area contributed by atoms with Crippen molar-refractivity contribution < 1.29 is 14.5 Å². The first-order chi connectivity index (χ1) is 13.8. The van der Waals surface area contributed by atoms with E-state index >= 15 is 0 Å². The van der Waals surface area contributed by atoms with Crippen LogP contribution >= 0.6 is 15.9 Å². The number of nitrogens with zero attached hydrogens (tertiary/aromatic N) is 2. The van der Waals surface area contributed by atoms with Gasteiger partial charge in [-0.05, 0) is 45.6 Å². The van der Waals surface area contributed by atoms with Crippen molar-refractivity contribution in [2.75, 3.05) is 5.33 Å². The molecule has 1 heterocycles. The molecule has 29 heavy (non-hydrogen) atoms. The number of carbonyl (C=O) groups excluding carboxylic acids is 2. The van der Waals surface area contributed by atoms with Gasteiger partial charge < -0.3 is 0 Å². The van der Waals surface area contributed by atoms with Gasteiger partial charge in [-0.25, -0.2) is 0 Å². The Balaban J connectivity index is 2.51. The van der Waals surface area contributed by atoms with E-state index in [4.69, 9.17) is 0 Å². The number of nitro benzene ring substituents is 1. The van der Waals surface area contributed by atoms with E-state index in [2.05, 4.69) is 20.9 Å². The molecular formula is C22H27BrN2O4. The van der Waals surface area contributed by atoms with Gasteiger partial charge in [0, 0.05) is 40.4 Å². The molecule has 2 unspecified atom stereocenters. The van der Waals surface area contributed by atoms with Crippen LogP contribution in [0.4, 0.5) is 5.69 Å². The van der Waals surface area contributed by atoms with E-state index in [1.165, 1.54) is 26.0 Å². The molecule has 7 heteroatoms. The monoisotopic (exact) mass is 462 g/mol. The molecule has 1 aliphatic rings. The smallest absolute Gasteiger partial charge is 0.269 e. The number of non-ortho nitro benzene ring substituents is 1. The van der Waals surface area contributed by atoms with Gasteiger partial charge in [0.1, 0.15) is 5.78 Å². The topological polar surface area (TPSA) is 89.6 Å². The maximum atomic E-state index is 12.6. The van der Waals surface area contributed by atoms with Crippen molar-refractivity contribution in [3.63, 3.8) is 0 Å². The number of hydrogen-bond acceptors (Lipinski definition) is 5. The number of hydrogen-bond donors (Lipinski definition) is 0. The molecule has 1 aromatic rings. The summed E-state index contributed by atoms with van der Waals surface area (Å²) in [4.78, 5) is 40.6. The second-order valence-electron chi connectivity index (χ2n) is 7.44. The number of rotatable bonds is 10. The number of Topliss-reactive ketones (excluding diaryl/α,β-unsaturated/α-hetero) is 2. The van der Waals surface area contributed by atoms with E-state index < -0.39 is 16.8 Å². The fraction of sp³-hybridized carbons (Fsp3) is 0.500. The highest BCUT2D eigenvalue weighted by Gasteiger charge is 2.39. The van der Waals surface area contributed by atoms with Gasteiger partial charge in [-0.15, -0.1) is 0 Å². The average Bonchev–Trinajstić information content (AvgIpc) is 2.66. The summed E-state index contributed by atoms with van der Waals surface area (Å²) in [7, 11) is 0. The number of aliphatic imine (C=N–C) groups is 1. The fourth-order valence-electron chi connectivity index (χ4n) is 4.00. The largest absolute Gasteiger partial charge is 0.299 e. The maximum Gasteiger partial charge on any atom is 0.269 e. The fourth-order valence-corrected chi connectivity index (χ4v) is 4.40. The molecule has 0 radical (unpaired) electrons. The van der Waals surface area contributed by atoms with E-state index in [0.29, 0.717) is 29.0 Å². The number of unbranched alkanes of at least 4 members (excludes halogenated alkanes) is 3. The minimum absolute atomic E-state index is 0.0517. The normalized spacial score (nSPS) is 19.1. The highest BCUT2D eigenvalue weighted by Crippen LogP contribution is 2.41. The molecule has 156 valence electrons. The molecule has 1 aromatic carbocycles. The van der Waals surface area contributed by atoms with Crippen LogP contribution in [0.1, 0.15) is 64.4 Å². The lowest BCUT2D eigenvalue weighted by Gasteiger charge is -2.32. The summed E-state index contributed by atoms with van der Waals surface area (Å²) in [5.74, 6) is -1.37. The minimum atomic E-state index is -0.590. The first-order valence-electron chi connectivity index (χ1n) is 9.87. The van der Waals surface area contributed by atoms with Crippen LogP contribution in [0, 0.1) is 16.0 Å². The van der Waals surface area contributed by atoms with E-state index in [0.717, 1.165) is 31.0 Å². The standard InChI is InChI=1S/C22H27BrN2O4/c1-14-20(15(2)26)22(17-9-8-10-18(13-17)25(28)29)21(16(3)27)19(24-14)11-6-4-5-7-12-23/h8-10,13,20,22H,4-7,11-12H2,1-3H3. The Labute approximate surface area is 179 Å². The highest BCUT2D eigenvalue weighted by atomic mass is 79.9. The first kappa shape index (κ1) is 23.1. The Morgan fingerprint density at radius 2 is 1.86 bits per heavy atom. The molecule has 0 saturated carbocycles. The molecule has 0 amide bonds. The van der Waals surface area contributed by atoms with Crippen LogP contribution in [0.25, 0.3) is 0 Å². The van der Waals surface area contributed by atoms with Gasteiger partial charge in [0.05, 0.1) is 10.8 Å². The first-order valence-corrected chi connectivity index (χ1v) is 11.0. The lowest BCUT2D eigenvalue weighted by molar-refractivity contribution is -0.384. The van der Waals surface area contributed by atoms with Crippen LogP contribution in [-0.4, -0.2) is 27.5 Å². The number of ketones is 2. The molecule has 2 atom stereocenters. The summed E-state index contributed by atoms with van der Waals surface area (Å²) in [6, 6.07) is 6.24. The third kappa shape index (κ3) is 5.69. The van der Waals surface area contributed by atoms with Gasteiger partial charge in [-0.3, -0.25) is 24.7 Å². The Hall–Kier alpha value is -2.15. The summed E-state index contributed by atoms with van der Waals surface area (Å²) < 4.78 is 0. The molecule has 2 rings (SSSR count). The van der Waals surface area contributed by atoms with Crippen molar-refractivity contribution in [2.24, 2.45) is 10.9 Å². The third-order valence-electron chi connectivity index (χ3n) is 5.27. The van der Waals surface area contributed by atoms with E-state index in [1.54, 1.807) is 19.1 Å². The Morgan fingerprint density at radius 1 is 1.17 bits per heavy atom. The van der Waals surface area contributed by atoms with Gasteiger partial charge in [-0.2, -0.15) is 0 Å². The number of benzene rings is 1.